The minimum Gasteiger partial charge on any atom is -0.465 e. The van der Waals surface area contributed by atoms with Gasteiger partial charge in [0.2, 0.25) is 0 Å². The zero-order valence-electron chi connectivity index (χ0n) is 12.1. The second-order valence-corrected chi connectivity index (χ2v) is 5.40. The minimum absolute atomic E-state index is 0.00727. The second kappa shape index (κ2) is 7.22. The third kappa shape index (κ3) is 3.91. The SMILES string of the molecule is CCOC(=O)C(C1CCC(C)O1)N1CCCNCC1. The molecule has 2 saturated heterocycles. The van der Waals surface area contributed by atoms with Crippen LogP contribution in [0.15, 0.2) is 0 Å². The number of hydrogen-bond acceptors (Lipinski definition) is 5. The van der Waals surface area contributed by atoms with E-state index in [0.717, 1.165) is 45.4 Å². The molecule has 3 unspecified atom stereocenters. The van der Waals surface area contributed by atoms with Crippen LogP contribution in [0.25, 0.3) is 0 Å². The van der Waals surface area contributed by atoms with Crippen molar-refractivity contribution in [3.63, 3.8) is 0 Å². The van der Waals surface area contributed by atoms with Crippen molar-refractivity contribution in [3.05, 3.63) is 0 Å². The van der Waals surface area contributed by atoms with Gasteiger partial charge in [-0.25, -0.2) is 0 Å². The molecule has 0 bridgehead atoms. The van der Waals surface area contributed by atoms with Crippen LogP contribution in [-0.2, 0) is 14.3 Å². The third-order valence-corrected chi connectivity index (χ3v) is 3.91. The Morgan fingerprint density at radius 3 is 2.95 bits per heavy atom. The summed E-state index contributed by atoms with van der Waals surface area (Å²) in [5.74, 6) is -0.122. The molecule has 2 aliphatic rings. The first kappa shape index (κ1) is 14.8. The van der Waals surface area contributed by atoms with Crippen molar-refractivity contribution in [2.45, 2.75) is 51.4 Å². The average Bonchev–Trinajstić information content (AvgIpc) is 2.65. The van der Waals surface area contributed by atoms with Crippen LogP contribution in [0.1, 0.15) is 33.1 Å². The predicted molar refractivity (Wildman–Crippen MR) is 73.0 cm³/mol. The van der Waals surface area contributed by atoms with Crippen LogP contribution < -0.4 is 5.32 Å². The Morgan fingerprint density at radius 2 is 2.26 bits per heavy atom. The highest BCUT2D eigenvalue weighted by atomic mass is 16.5. The summed E-state index contributed by atoms with van der Waals surface area (Å²) in [6, 6.07) is -0.232. The molecule has 0 spiro atoms. The highest BCUT2D eigenvalue weighted by Crippen LogP contribution is 2.25. The summed E-state index contributed by atoms with van der Waals surface area (Å²) in [5, 5.41) is 3.37. The van der Waals surface area contributed by atoms with Gasteiger partial charge in [-0.15, -0.1) is 0 Å². The van der Waals surface area contributed by atoms with Crippen molar-refractivity contribution >= 4 is 5.97 Å². The number of esters is 1. The lowest BCUT2D eigenvalue weighted by Gasteiger charge is -2.32. The molecule has 5 nitrogen and oxygen atoms in total. The van der Waals surface area contributed by atoms with Crippen LogP contribution in [0.3, 0.4) is 0 Å². The van der Waals surface area contributed by atoms with Gasteiger partial charge in [-0.2, -0.15) is 0 Å². The highest BCUT2D eigenvalue weighted by Gasteiger charge is 2.39. The summed E-state index contributed by atoms with van der Waals surface area (Å²) in [4.78, 5) is 14.5. The first-order valence-corrected chi connectivity index (χ1v) is 7.49. The molecule has 0 aromatic carbocycles. The molecule has 3 atom stereocenters. The third-order valence-electron chi connectivity index (χ3n) is 3.91. The lowest BCUT2D eigenvalue weighted by Crippen LogP contribution is -2.51. The molecule has 0 saturated carbocycles. The van der Waals surface area contributed by atoms with E-state index in [1.165, 1.54) is 0 Å². The average molecular weight is 270 g/mol. The van der Waals surface area contributed by atoms with Crippen molar-refractivity contribution in [1.29, 1.82) is 0 Å². The van der Waals surface area contributed by atoms with Gasteiger partial charge < -0.3 is 14.8 Å². The zero-order valence-corrected chi connectivity index (χ0v) is 12.1. The molecule has 19 heavy (non-hydrogen) atoms. The number of nitrogens with zero attached hydrogens (tertiary/aromatic N) is 1. The maximum absolute atomic E-state index is 12.3. The maximum atomic E-state index is 12.3. The van der Waals surface area contributed by atoms with Crippen molar-refractivity contribution in [2.75, 3.05) is 32.8 Å². The molecule has 2 rings (SSSR count). The first-order chi connectivity index (χ1) is 9.22. The topological polar surface area (TPSA) is 50.8 Å². The minimum atomic E-state index is -0.232. The Morgan fingerprint density at radius 1 is 1.42 bits per heavy atom. The normalized spacial score (nSPS) is 30.8. The van der Waals surface area contributed by atoms with Gasteiger partial charge in [-0.05, 0) is 39.7 Å². The second-order valence-electron chi connectivity index (χ2n) is 5.40. The Hall–Kier alpha value is -0.650. The molecule has 1 N–H and O–H groups in total. The summed E-state index contributed by atoms with van der Waals surface area (Å²) in [6.07, 6.45) is 3.30. The molecule has 0 aliphatic carbocycles. The number of carbonyl (C=O) groups is 1. The number of hydrogen-bond donors (Lipinski definition) is 1. The van der Waals surface area contributed by atoms with E-state index in [2.05, 4.69) is 17.1 Å². The molecule has 2 heterocycles. The van der Waals surface area contributed by atoms with Crippen LogP contribution in [-0.4, -0.2) is 61.9 Å². The van der Waals surface area contributed by atoms with E-state index in [1.807, 2.05) is 6.92 Å². The van der Waals surface area contributed by atoms with E-state index in [0.29, 0.717) is 6.61 Å². The van der Waals surface area contributed by atoms with Gasteiger partial charge in [0, 0.05) is 19.6 Å². The van der Waals surface area contributed by atoms with Gasteiger partial charge in [0.25, 0.3) is 0 Å². The fourth-order valence-corrected chi connectivity index (χ4v) is 2.97. The number of rotatable bonds is 4. The van der Waals surface area contributed by atoms with Crippen LogP contribution in [0.2, 0.25) is 0 Å². The Balaban J connectivity index is 2.05. The van der Waals surface area contributed by atoms with Gasteiger partial charge in [-0.1, -0.05) is 0 Å². The Kier molecular flexibility index (Phi) is 5.60. The summed E-state index contributed by atoms with van der Waals surface area (Å²) >= 11 is 0. The van der Waals surface area contributed by atoms with E-state index in [-0.39, 0.29) is 24.2 Å². The van der Waals surface area contributed by atoms with Crippen LogP contribution in [0, 0.1) is 0 Å². The van der Waals surface area contributed by atoms with E-state index in [4.69, 9.17) is 9.47 Å². The summed E-state index contributed by atoms with van der Waals surface area (Å²) < 4.78 is 11.2. The Labute approximate surface area is 115 Å². The Bertz CT molecular complexity index is 290. The highest BCUT2D eigenvalue weighted by molar-refractivity contribution is 5.76. The van der Waals surface area contributed by atoms with Gasteiger partial charge in [0.05, 0.1) is 18.8 Å². The first-order valence-electron chi connectivity index (χ1n) is 7.49. The van der Waals surface area contributed by atoms with Crippen LogP contribution >= 0.6 is 0 Å². The standard InChI is InChI=1S/C14H26N2O3/c1-3-18-14(17)13(12-6-5-11(2)19-12)16-9-4-7-15-8-10-16/h11-13,15H,3-10H2,1-2H3. The molecule has 2 aliphatic heterocycles. The van der Waals surface area contributed by atoms with Crippen molar-refractivity contribution in [1.82, 2.24) is 10.2 Å². The largest absolute Gasteiger partial charge is 0.465 e. The molecule has 5 heteroatoms. The van der Waals surface area contributed by atoms with Crippen LogP contribution in [0.4, 0.5) is 0 Å². The molecular weight excluding hydrogens is 244 g/mol. The lowest BCUT2D eigenvalue weighted by molar-refractivity contribution is -0.155. The summed E-state index contributed by atoms with van der Waals surface area (Å²) in [7, 11) is 0. The van der Waals surface area contributed by atoms with E-state index in [9.17, 15) is 4.79 Å². The van der Waals surface area contributed by atoms with Gasteiger partial charge in [-0.3, -0.25) is 9.69 Å². The fraction of sp³-hybridized carbons (Fsp3) is 0.929. The molecule has 0 aromatic rings. The molecule has 0 amide bonds. The maximum Gasteiger partial charge on any atom is 0.326 e. The number of ether oxygens (including phenoxy) is 2. The quantitative estimate of drug-likeness (QED) is 0.765. The number of nitrogens with one attached hydrogen (secondary N) is 1. The van der Waals surface area contributed by atoms with Gasteiger partial charge in [0.15, 0.2) is 0 Å². The molecule has 0 radical (unpaired) electrons. The summed E-state index contributed by atoms with van der Waals surface area (Å²) in [6.45, 7) is 8.14. The number of carbonyl (C=O) groups excluding carboxylic acids is 1. The monoisotopic (exact) mass is 270 g/mol. The molecule has 2 fully saturated rings. The van der Waals surface area contributed by atoms with Crippen LogP contribution in [0.5, 0.6) is 0 Å². The zero-order chi connectivity index (χ0) is 13.7. The molecule has 0 aromatic heterocycles. The van der Waals surface area contributed by atoms with Gasteiger partial charge in [0.1, 0.15) is 6.04 Å². The predicted octanol–water partition coefficient (Wildman–Crippen LogP) is 0.781. The van der Waals surface area contributed by atoms with Crippen molar-refractivity contribution in [2.24, 2.45) is 0 Å². The van der Waals surface area contributed by atoms with E-state index in [1.54, 1.807) is 0 Å². The van der Waals surface area contributed by atoms with Crippen molar-refractivity contribution in [3.8, 4) is 0 Å². The van der Waals surface area contributed by atoms with E-state index >= 15 is 0 Å². The molecule has 110 valence electrons. The van der Waals surface area contributed by atoms with Gasteiger partial charge >= 0.3 is 5.97 Å². The molecular formula is C14H26N2O3. The van der Waals surface area contributed by atoms with E-state index < -0.39 is 0 Å². The smallest absolute Gasteiger partial charge is 0.326 e. The summed E-state index contributed by atoms with van der Waals surface area (Å²) in [5.41, 5.74) is 0. The van der Waals surface area contributed by atoms with Crippen molar-refractivity contribution < 1.29 is 14.3 Å². The lowest BCUT2D eigenvalue weighted by atomic mass is 10.1. The fourth-order valence-electron chi connectivity index (χ4n) is 2.97.